The van der Waals surface area contributed by atoms with Gasteiger partial charge in [0.25, 0.3) is 0 Å². The number of aryl methyl sites for hydroxylation is 1. The van der Waals surface area contributed by atoms with Crippen LogP contribution in [0.2, 0.25) is 5.02 Å². The van der Waals surface area contributed by atoms with Gasteiger partial charge in [-0.2, -0.15) is 0 Å². The molecule has 0 unspecified atom stereocenters. The van der Waals surface area contributed by atoms with E-state index in [1.54, 1.807) is 0 Å². The summed E-state index contributed by atoms with van der Waals surface area (Å²) >= 11 is 6.06. The zero-order valence-corrected chi connectivity index (χ0v) is 12.7. The number of hydrogen-bond donors (Lipinski definition) is 1. The van der Waals surface area contributed by atoms with Crippen LogP contribution in [0.3, 0.4) is 0 Å². The van der Waals surface area contributed by atoms with Gasteiger partial charge in [0.05, 0.1) is 12.3 Å². The summed E-state index contributed by atoms with van der Waals surface area (Å²) in [4.78, 5) is 0. The van der Waals surface area contributed by atoms with E-state index in [2.05, 4.69) is 36.5 Å². The number of ether oxygens (including phenoxy) is 1. The van der Waals surface area contributed by atoms with Crippen LogP contribution in [0.15, 0.2) is 42.5 Å². The number of benzene rings is 2. The molecule has 0 heterocycles. The summed E-state index contributed by atoms with van der Waals surface area (Å²) in [7, 11) is 0. The van der Waals surface area contributed by atoms with Crippen molar-refractivity contribution in [1.29, 1.82) is 0 Å². The van der Waals surface area contributed by atoms with Gasteiger partial charge in [-0.3, -0.25) is 0 Å². The van der Waals surface area contributed by atoms with Crippen molar-refractivity contribution < 1.29 is 4.74 Å². The fourth-order valence-electron chi connectivity index (χ4n) is 2.19. The predicted octanol–water partition coefficient (Wildman–Crippen LogP) is 4.91. The Bertz CT molecular complexity index is 569. The first-order valence-electron chi connectivity index (χ1n) is 6.97. The third kappa shape index (κ3) is 3.67. The lowest BCUT2D eigenvalue weighted by atomic mass is 10.1. The molecule has 0 aliphatic heterocycles. The van der Waals surface area contributed by atoms with E-state index in [1.165, 1.54) is 11.1 Å². The average molecular weight is 290 g/mol. The monoisotopic (exact) mass is 289 g/mol. The van der Waals surface area contributed by atoms with E-state index >= 15 is 0 Å². The Balaban J connectivity index is 2.15. The Hall–Kier alpha value is -1.67. The first-order valence-corrected chi connectivity index (χ1v) is 7.35. The maximum atomic E-state index is 6.06. The second-order valence-corrected chi connectivity index (χ2v) is 4.99. The lowest BCUT2D eigenvalue weighted by Gasteiger charge is -2.14. The van der Waals surface area contributed by atoms with Crippen LogP contribution in [-0.2, 0) is 13.0 Å². The first-order chi connectivity index (χ1) is 9.74. The van der Waals surface area contributed by atoms with Crippen LogP contribution in [0.1, 0.15) is 25.0 Å². The average Bonchev–Trinajstić information content (AvgIpc) is 2.48. The molecule has 3 heteroatoms. The molecule has 2 aromatic rings. The van der Waals surface area contributed by atoms with Crippen molar-refractivity contribution in [3.05, 3.63) is 58.6 Å². The van der Waals surface area contributed by atoms with Crippen molar-refractivity contribution in [2.75, 3.05) is 11.9 Å². The molecule has 0 radical (unpaired) electrons. The second-order valence-electron chi connectivity index (χ2n) is 4.55. The van der Waals surface area contributed by atoms with Gasteiger partial charge in [-0.1, -0.05) is 42.8 Å². The van der Waals surface area contributed by atoms with Crippen molar-refractivity contribution in [3.63, 3.8) is 0 Å². The summed E-state index contributed by atoms with van der Waals surface area (Å²) in [6.45, 7) is 5.56. The minimum atomic E-state index is 0.641. The molecule has 106 valence electrons. The van der Waals surface area contributed by atoms with Crippen molar-refractivity contribution >= 4 is 17.3 Å². The number of anilines is 1. The van der Waals surface area contributed by atoms with E-state index in [-0.39, 0.29) is 0 Å². The van der Waals surface area contributed by atoms with Gasteiger partial charge >= 0.3 is 0 Å². The third-order valence-electron chi connectivity index (χ3n) is 3.21. The minimum Gasteiger partial charge on any atom is -0.492 e. The van der Waals surface area contributed by atoms with Gasteiger partial charge < -0.3 is 10.1 Å². The summed E-state index contributed by atoms with van der Waals surface area (Å²) in [6.07, 6.45) is 1.03. The van der Waals surface area contributed by atoms with E-state index in [0.717, 1.165) is 24.4 Å². The zero-order valence-electron chi connectivity index (χ0n) is 11.9. The van der Waals surface area contributed by atoms with Gasteiger partial charge in [0.15, 0.2) is 0 Å². The molecule has 0 saturated heterocycles. The highest BCUT2D eigenvalue weighted by Crippen LogP contribution is 2.28. The highest BCUT2D eigenvalue weighted by molar-refractivity contribution is 6.30. The van der Waals surface area contributed by atoms with Gasteiger partial charge in [-0.25, -0.2) is 0 Å². The molecule has 0 bridgehead atoms. The quantitative estimate of drug-likeness (QED) is 0.815. The molecule has 0 aromatic heterocycles. The summed E-state index contributed by atoms with van der Waals surface area (Å²) in [6, 6.07) is 14.1. The normalized spacial score (nSPS) is 10.3. The van der Waals surface area contributed by atoms with Crippen molar-refractivity contribution in [1.82, 2.24) is 0 Å². The van der Waals surface area contributed by atoms with Gasteiger partial charge in [0.1, 0.15) is 5.75 Å². The molecule has 0 amide bonds. The Kier molecular flexibility index (Phi) is 5.31. The second kappa shape index (κ2) is 7.20. The molecular formula is C17H20ClNO. The topological polar surface area (TPSA) is 21.3 Å². The van der Waals surface area contributed by atoms with E-state index < -0.39 is 0 Å². The first kappa shape index (κ1) is 14.7. The summed E-state index contributed by atoms with van der Waals surface area (Å²) in [5.74, 6) is 0.839. The Morgan fingerprint density at radius 3 is 2.50 bits per heavy atom. The molecule has 2 aromatic carbocycles. The van der Waals surface area contributed by atoms with E-state index in [9.17, 15) is 0 Å². The lowest BCUT2D eigenvalue weighted by Crippen LogP contribution is -2.04. The standard InChI is InChI=1S/C17H20ClNO/c1-3-13-7-5-6-8-14(13)12-19-16-11-15(18)9-10-17(16)20-4-2/h5-11,19H,3-4,12H2,1-2H3. The molecular weight excluding hydrogens is 270 g/mol. The van der Waals surface area contributed by atoms with Gasteiger partial charge in [0.2, 0.25) is 0 Å². The molecule has 1 N–H and O–H groups in total. The van der Waals surface area contributed by atoms with E-state index in [4.69, 9.17) is 16.3 Å². The van der Waals surface area contributed by atoms with Gasteiger partial charge in [-0.05, 0) is 42.7 Å². The predicted molar refractivity (Wildman–Crippen MR) is 85.8 cm³/mol. The minimum absolute atomic E-state index is 0.641. The highest BCUT2D eigenvalue weighted by Gasteiger charge is 2.05. The molecule has 0 aliphatic carbocycles. The Morgan fingerprint density at radius 2 is 1.80 bits per heavy atom. The van der Waals surface area contributed by atoms with Crippen LogP contribution in [-0.4, -0.2) is 6.61 Å². The van der Waals surface area contributed by atoms with Crippen molar-refractivity contribution in [2.45, 2.75) is 26.8 Å². The van der Waals surface area contributed by atoms with E-state index in [1.807, 2.05) is 25.1 Å². The van der Waals surface area contributed by atoms with Crippen molar-refractivity contribution in [2.24, 2.45) is 0 Å². The van der Waals surface area contributed by atoms with Gasteiger partial charge in [-0.15, -0.1) is 0 Å². The Labute approximate surface area is 125 Å². The smallest absolute Gasteiger partial charge is 0.142 e. The van der Waals surface area contributed by atoms with Crippen LogP contribution in [0.25, 0.3) is 0 Å². The van der Waals surface area contributed by atoms with E-state index in [0.29, 0.717) is 11.6 Å². The summed E-state index contributed by atoms with van der Waals surface area (Å²) in [5, 5.41) is 4.13. The fourth-order valence-corrected chi connectivity index (χ4v) is 2.36. The van der Waals surface area contributed by atoms with Crippen LogP contribution < -0.4 is 10.1 Å². The maximum Gasteiger partial charge on any atom is 0.142 e. The summed E-state index contributed by atoms with van der Waals surface area (Å²) < 4.78 is 5.62. The Morgan fingerprint density at radius 1 is 1.05 bits per heavy atom. The SMILES string of the molecule is CCOc1ccc(Cl)cc1NCc1ccccc1CC. The van der Waals surface area contributed by atoms with Crippen LogP contribution >= 0.6 is 11.6 Å². The van der Waals surface area contributed by atoms with Gasteiger partial charge in [0, 0.05) is 11.6 Å². The molecule has 20 heavy (non-hydrogen) atoms. The maximum absolute atomic E-state index is 6.06. The highest BCUT2D eigenvalue weighted by atomic mass is 35.5. The molecule has 0 atom stereocenters. The largest absolute Gasteiger partial charge is 0.492 e. The number of nitrogens with one attached hydrogen (secondary N) is 1. The fraction of sp³-hybridized carbons (Fsp3) is 0.294. The van der Waals surface area contributed by atoms with Crippen LogP contribution in [0.5, 0.6) is 5.75 Å². The molecule has 0 spiro atoms. The summed E-state index contributed by atoms with van der Waals surface area (Å²) in [5.41, 5.74) is 3.60. The molecule has 2 rings (SSSR count). The van der Waals surface area contributed by atoms with Crippen LogP contribution in [0, 0.1) is 0 Å². The van der Waals surface area contributed by atoms with Crippen molar-refractivity contribution in [3.8, 4) is 5.75 Å². The number of rotatable bonds is 6. The molecule has 0 aliphatic rings. The number of halogens is 1. The molecule has 0 saturated carbocycles. The van der Waals surface area contributed by atoms with Crippen LogP contribution in [0.4, 0.5) is 5.69 Å². The molecule has 0 fully saturated rings. The molecule has 2 nitrogen and oxygen atoms in total. The number of hydrogen-bond acceptors (Lipinski definition) is 2. The third-order valence-corrected chi connectivity index (χ3v) is 3.45. The zero-order chi connectivity index (χ0) is 14.4. The lowest BCUT2D eigenvalue weighted by molar-refractivity contribution is 0.341.